The summed E-state index contributed by atoms with van der Waals surface area (Å²) in [6, 6.07) is 20.3. The zero-order valence-corrected chi connectivity index (χ0v) is 14.8. The molecule has 0 spiro atoms. The predicted octanol–water partition coefficient (Wildman–Crippen LogP) is 4.28. The summed E-state index contributed by atoms with van der Waals surface area (Å²) in [6.07, 6.45) is 0.784. The van der Waals surface area contributed by atoms with Gasteiger partial charge >= 0.3 is 5.97 Å². The van der Waals surface area contributed by atoms with Gasteiger partial charge in [-0.05, 0) is 23.5 Å². The smallest absolute Gasteiger partial charge is 0.323 e. The van der Waals surface area contributed by atoms with Gasteiger partial charge in [-0.2, -0.15) is 0 Å². The molecular formula is C21H27NO2. The molecule has 0 saturated carbocycles. The summed E-state index contributed by atoms with van der Waals surface area (Å²) in [5.41, 5.74) is 2.40. The van der Waals surface area contributed by atoms with E-state index in [4.69, 9.17) is 4.74 Å². The van der Waals surface area contributed by atoms with Crippen LogP contribution in [0, 0.1) is 5.92 Å². The average molecular weight is 325 g/mol. The summed E-state index contributed by atoms with van der Waals surface area (Å²) < 4.78 is 5.09. The Hall–Kier alpha value is -2.13. The standard InChI is InChI=1S/C21H27NO2/c1-17(2)14-20(21(23)24-3)22(15-18-10-6-4-7-11-18)16-19-12-8-5-9-13-19/h4-13,17,20H,14-16H2,1-3H3. The number of rotatable bonds is 8. The number of carbonyl (C=O) groups excluding carboxylic acids is 1. The molecular weight excluding hydrogens is 298 g/mol. The van der Waals surface area contributed by atoms with Crippen molar-refractivity contribution < 1.29 is 9.53 Å². The largest absolute Gasteiger partial charge is 0.468 e. The SMILES string of the molecule is COC(=O)C(CC(C)C)N(Cc1ccccc1)Cc1ccccc1. The molecule has 0 aliphatic rings. The van der Waals surface area contributed by atoms with Crippen molar-refractivity contribution in [2.24, 2.45) is 5.92 Å². The van der Waals surface area contributed by atoms with Crippen LogP contribution in [0.5, 0.6) is 0 Å². The maximum atomic E-state index is 12.4. The minimum absolute atomic E-state index is 0.157. The third-order valence-corrected chi connectivity index (χ3v) is 4.07. The summed E-state index contributed by atoms with van der Waals surface area (Å²) in [5, 5.41) is 0. The molecule has 0 radical (unpaired) electrons. The molecule has 24 heavy (non-hydrogen) atoms. The molecule has 3 heteroatoms. The van der Waals surface area contributed by atoms with Gasteiger partial charge < -0.3 is 4.74 Å². The second-order valence-corrected chi connectivity index (χ2v) is 6.54. The Bertz CT molecular complexity index is 569. The van der Waals surface area contributed by atoms with Gasteiger partial charge in [0, 0.05) is 13.1 Å². The van der Waals surface area contributed by atoms with Crippen LogP contribution in [-0.4, -0.2) is 24.0 Å². The fourth-order valence-corrected chi connectivity index (χ4v) is 2.89. The molecule has 3 nitrogen and oxygen atoms in total. The topological polar surface area (TPSA) is 29.5 Å². The number of ether oxygens (including phenoxy) is 1. The highest BCUT2D eigenvalue weighted by molar-refractivity contribution is 5.75. The van der Waals surface area contributed by atoms with Crippen LogP contribution in [0.15, 0.2) is 60.7 Å². The van der Waals surface area contributed by atoms with E-state index in [0.717, 1.165) is 19.5 Å². The molecule has 0 aromatic heterocycles. The van der Waals surface area contributed by atoms with Gasteiger partial charge in [-0.25, -0.2) is 0 Å². The molecule has 0 saturated heterocycles. The highest BCUT2D eigenvalue weighted by atomic mass is 16.5. The fraction of sp³-hybridized carbons (Fsp3) is 0.381. The summed E-state index contributed by atoms with van der Waals surface area (Å²) in [6.45, 7) is 5.72. The van der Waals surface area contributed by atoms with Gasteiger partial charge in [0.1, 0.15) is 6.04 Å². The Kier molecular flexibility index (Phi) is 7.01. The molecule has 0 aliphatic carbocycles. The van der Waals surface area contributed by atoms with E-state index < -0.39 is 0 Å². The van der Waals surface area contributed by atoms with Crippen molar-refractivity contribution in [1.82, 2.24) is 4.90 Å². The summed E-state index contributed by atoms with van der Waals surface area (Å²) in [5.74, 6) is 0.263. The highest BCUT2D eigenvalue weighted by Gasteiger charge is 2.27. The Labute approximate surface area is 145 Å². The van der Waals surface area contributed by atoms with Crippen LogP contribution in [0.25, 0.3) is 0 Å². The van der Waals surface area contributed by atoms with Gasteiger partial charge in [0.25, 0.3) is 0 Å². The van der Waals surface area contributed by atoms with Crippen LogP contribution in [-0.2, 0) is 22.6 Å². The predicted molar refractivity (Wildman–Crippen MR) is 97.4 cm³/mol. The molecule has 1 atom stereocenters. The molecule has 128 valence electrons. The first-order valence-corrected chi connectivity index (χ1v) is 8.50. The summed E-state index contributed by atoms with van der Waals surface area (Å²) in [7, 11) is 1.47. The minimum Gasteiger partial charge on any atom is -0.468 e. The molecule has 0 aliphatic heterocycles. The first-order chi connectivity index (χ1) is 11.6. The van der Waals surface area contributed by atoms with Crippen LogP contribution in [0.2, 0.25) is 0 Å². The van der Waals surface area contributed by atoms with Crippen molar-refractivity contribution in [3.8, 4) is 0 Å². The summed E-state index contributed by atoms with van der Waals surface area (Å²) in [4.78, 5) is 14.6. The molecule has 2 aromatic carbocycles. The van der Waals surface area contributed by atoms with Crippen molar-refractivity contribution >= 4 is 5.97 Å². The van der Waals surface area contributed by atoms with E-state index in [1.54, 1.807) is 0 Å². The van der Waals surface area contributed by atoms with E-state index in [1.165, 1.54) is 18.2 Å². The zero-order valence-electron chi connectivity index (χ0n) is 14.8. The van der Waals surface area contributed by atoms with Gasteiger partial charge in [-0.1, -0.05) is 74.5 Å². The van der Waals surface area contributed by atoms with Crippen LogP contribution in [0.4, 0.5) is 0 Å². The number of carbonyl (C=O) groups is 1. The van der Waals surface area contributed by atoms with E-state index >= 15 is 0 Å². The number of hydrogen-bond donors (Lipinski definition) is 0. The summed E-state index contributed by atoms with van der Waals surface area (Å²) >= 11 is 0. The monoisotopic (exact) mass is 325 g/mol. The maximum Gasteiger partial charge on any atom is 0.323 e. The molecule has 1 unspecified atom stereocenters. The third-order valence-electron chi connectivity index (χ3n) is 4.07. The van der Waals surface area contributed by atoms with Gasteiger partial charge in [0.2, 0.25) is 0 Å². The Morgan fingerprint density at radius 1 is 0.917 bits per heavy atom. The van der Waals surface area contributed by atoms with E-state index in [1.807, 2.05) is 36.4 Å². The molecule has 2 aromatic rings. The molecule has 0 heterocycles. The maximum absolute atomic E-state index is 12.4. The normalized spacial score (nSPS) is 12.4. The fourth-order valence-electron chi connectivity index (χ4n) is 2.89. The van der Waals surface area contributed by atoms with Gasteiger partial charge in [0.15, 0.2) is 0 Å². The molecule has 0 N–H and O–H groups in total. The number of esters is 1. The molecule has 0 bridgehead atoms. The van der Waals surface area contributed by atoms with Crippen LogP contribution < -0.4 is 0 Å². The Morgan fingerprint density at radius 3 is 1.75 bits per heavy atom. The zero-order chi connectivity index (χ0) is 17.4. The van der Waals surface area contributed by atoms with Gasteiger partial charge in [-0.15, -0.1) is 0 Å². The Balaban J connectivity index is 2.26. The Morgan fingerprint density at radius 2 is 1.38 bits per heavy atom. The van der Waals surface area contributed by atoms with E-state index in [9.17, 15) is 4.79 Å². The van der Waals surface area contributed by atoms with Gasteiger partial charge in [-0.3, -0.25) is 9.69 Å². The van der Waals surface area contributed by atoms with Crippen molar-refractivity contribution in [2.75, 3.05) is 7.11 Å². The average Bonchev–Trinajstić information content (AvgIpc) is 2.60. The molecule has 0 fully saturated rings. The van der Waals surface area contributed by atoms with Crippen LogP contribution in [0.1, 0.15) is 31.4 Å². The lowest BCUT2D eigenvalue weighted by Crippen LogP contribution is -2.42. The third kappa shape index (κ3) is 5.50. The first kappa shape index (κ1) is 18.2. The quantitative estimate of drug-likeness (QED) is 0.679. The van der Waals surface area contributed by atoms with Crippen molar-refractivity contribution in [2.45, 2.75) is 39.4 Å². The molecule has 2 rings (SSSR count). The van der Waals surface area contributed by atoms with E-state index in [-0.39, 0.29) is 12.0 Å². The van der Waals surface area contributed by atoms with Crippen molar-refractivity contribution in [3.63, 3.8) is 0 Å². The number of nitrogens with zero attached hydrogens (tertiary/aromatic N) is 1. The highest BCUT2D eigenvalue weighted by Crippen LogP contribution is 2.19. The minimum atomic E-state index is -0.240. The number of benzene rings is 2. The molecule has 0 amide bonds. The lowest BCUT2D eigenvalue weighted by molar-refractivity contribution is -0.148. The lowest BCUT2D eigenvalue weighted by Gasteiger charge is -2.31. The second kappa shape index (κ2) is 9.24. The van der Waals surface area contributed by atoms with E-state index in [2.05, 4.69) is 43.0 Å². The van der Waals surface area contributed by atoms with Crippen molar-refractivity contribution in [3.05, 3.63) is 71.8 Å². The lowest BCUT2D eigenvalue weighted by atomic mass is 10.0. The first-order valence-electron chi connectivity index (χ1n) is 8.50. The van der Waals surface area contributed by atoms with Gasteiger partial charge in [0.05, 0.1) is 7.11 Å². The van der Waals surface area contributed by atoms with Crippen LogP contribution >= 0.6 is 0 Å². The van der Waals surface area contributed by atoms with E-state index in [0.29, 0.717) is 5.92 Å². The number of hydrogen-bond acceptors (Lipinski definition) is 3. The van der Waals surface area contributed by atoms with Crippen LogP contribution in [0.3, 0.4) is 0 Å². The van der Waals surface area contributed by atoms with Crippen molar-refractivity contribution in [1.29, 1.82) is 0 Å². The number of methoxy groups -OCH3 is 1. The second-order valence-electron chi connectivity index (χ2n) is 6.54.